The second-order valence-electron chi connectivity index (χ2n) is 6.31. The minimum absolute atomic E-state index is 0.0102. The second-order valence-corrected chi connectivity index (χ2v) is 7.96. The smallest absolute Gasteiger partial charge is 0.264 e. The van der Waals surface area contributed by atoms with Crippen LogP contribution < -0.4 is 15.2 Å². The summed E-state index contributed by atoms with van der Waals surface area (Å²) in [5.74, 6) is -1.76. The van der Waals surface area contributed by atoms with Gasteiger partial charge in [0.15, 0.2) is 0 Å². The van der Waals surface area contributed by atoms with E-state index in [2.05, 4.69) is 14.7 Å². The third kappa shape index (κ3) is 3.62. The number of rotatable bonds is 5. The predicted octanol–water partition coefficient (Wildman–Crippen LogP) is 3.07. The van der Waals surface area contributed by atoms with E-state index in [9.17, 15) is 17.2 Å². The lowest BCUT2D eigenvalue weighted by Crippen LogP contribution is -2.15. The third-order valence-corrected chi connectivity index (χ3v) is 5.67. The van der Waals surface area contributed by atoms with Gasteiger partial charge in [-0.15, -0.1) is 0 Å². The topological polar surface area (TPSA) is 112 Å². The monoisotopic (exact) mass is 431 g/mol. The summed E-state index contributed by atoms with van der Waals surface area (Å²) in [4.78, 5) is 7.56. The van der Waals surface area contributed by atoms with Crippen molar-refractivity contribution < 1.29 is 21.9 Å². The summed E-state index contributed by atoms with van der Waals surface area (Å²) in [6, 6.07) is 7.19. The van der Waals surface area contributed by atoms with Gasteiger partial charge in [-0.1, -0.05) is 0 Å². The number of nitrogens with one attached hydrogen (secondary N) is 1. The summed E-state index contributed by atoms with van der Waals surface area (Å²) >= 11 is 0. The first kappa shape index (κ1) is 19.6. The maximum atomic E-state index is 14.0. The van der Waals surface area contributed by atoms with Crippen LogP contribution in [0.5, 0.6) is 5.88 Å². The highest BCUT2D eigenvalue weighted by Gasteiger charge is 2.22. The number of ether oxygens (including phenoxy) is 1. The highest BCUT2D eigenvalue weighted by atomic mass is 32.2. The molecule has 0 saturated carbocycles. The van der Waals surface area contributed by atoms with Gasteiger partial charge in [-0.05, 0) is 30.3 Å². The van der Waals surface area contributed by atoms with E-state index in [-0.39, 0.29) is 11.6 Å². The first-order chi connectivity index (χ1) is 14.3. The third-order valence-electron chi connectivity index (χ3n) is 4.28. The van der Waals surface area contributed by atoms with Crippen molar-refractivity contribution in [1.82, 2.24) is 14.4 Å². The number of benzene rings is 1. The number of anilines is 2. The molecule has 0 unspecified atom stereocenters. The van der Waals surface area contributed by atoms with E-state index in [0.717, 1.165) is 12.1 Å². The molecule has 11 heteroatoms. The van der Waals surface area contributed by atoms with Gasteiger partial charge in [-0.3, -0.25) is 4.72 Å². The number of halogens is 2. The van der Waals surface area contributed by atoms with Crippen molar-refractivity contribution in [3.63, 3.8) is 0 Å². The van der Waals surface area contributed by atoms with Gasteiger partial charge in [0.25, 0.3) is 10.0 Å². The van der Waals surface area contributed by atoms with Crippen LogP contribution in [-0.2, 0) is 10.0 Å². The minimum Gasteiger partial charge on any atom is -0.480 e. The maximum absolute atomic E-state index is 14.0. The van der Waals surface area contributed by atoms with Gasteiger partial charge in [-0.25, -0.2) is 27.2 Å². The molecule has 0 radical (unpaired) electrons. The molecule has 0 aliphatic rings. The molecule has 4 rings (SSSR count). The van der Waals surface area contributed by atoms with Crippen molar-refractivity contribution >= 4 is 27.2 Å². The van der Waals surface area contributed by atoms with Crippen LogP contribution in [0.4, 0.5) is 20.3 Å². The maximum Gasteiger partial charge on any atom is 0.264 e. The summed E-state index contributed by atoms with van der Waals surface area (Å²) in [6.07, 6.45) is 4.88. The molecule has 30 heavy (non-hydrogen) atoms. The Balaban J connectivity index is 1.75. The predicted molar refractivity (Wildman–Crippen MR) is 107 cm³/mol. The normalized spacial score (nSPS) is 11.6. The van der Waals surface area contributed by atoms with Gasteiger partial charge in [-0.2, -0.15) is 0 Å². The van der Waals surface area contributed by atoms with Gasteiger partial charge in [0, 0.05) is 29.6 Å². The van der Waals surface area contributed by atoms with E-state index in [1.165, 1.54) is 19.4 Å². The Kier molecular flexibility index (Phi) is 4.74. The van der Waals surface area contributed by atoms with E-state index >= 15 is 0 Å². The van der Waals surface area contributed by atoms with Crippen molar-refractivity contribution in [1.29, 1.82) is 0 Å². The Morgan fingerprint density at radius 1 is 1.10 bits per heavy atom. The zero-order valence-electron chi connectivity index (χ0n) is 15.5. The molecule has 0 aliphatic carbocycles. The molecule has 0 amide bonds. The fourth-order valence-electron chi connectivity index (χ4n) is 2.92. The molecule has 4 aromatic rings. The van der Waals surface area contributed by atoms with Crippen LogP contribution >= 0.6 is 0 Å². The number of fused-ring (bicyclic) bond motifs is 1. The van der Waals surface area contributed by atoms with E-state index in [4.69, 9.17) is 10.5 Å². The lowest BCUT2D eigenvalue weighted by atomic mass is 10.1. The van der Waals surface area contributed by atoms with E-state index in [0.29, 0.717) is 28.7 Å². The molecule has 0 fully saturated rings. The van der Waals surface area contributed by atoms with Crippen molar-refractivity contribution in [3.8, 4) is 17.0 Å². The second kappa shape index (κ2) is 7.26. The summed E-state index contributed by atoms with van der Waals surface area (Å²) < 4.78 is 61.5. The summed E-state index contributed by atoms with van der Waals surface area (Å²) in [5, 5.41) is 0. The van der Waals surface area contributed by atoms with Gasteiger partial charge < -0.3 is 14.9 Å². The minimum atomic E-state index is -4.37. The van der Waals surface area contributed by atoms with Crippen LogP contribution in [-0.4, -0.2) is 29.9 Å². The van der Waals surface area contributed by atoms with Crippen molar-refractivity contribution in [2.75, 3.05) is 17.6 Å². The largest absolute Gasteiger partial charge is 0.480 e. The molecule has 1 aromatic carbocycles. The average Bonchev–Trinajstić information content (AvgIpc) is 3.06. The number of nitrogens with two attached hydrogens (primary N) is 1. The summed E-state index contributed by atoms with van der Waals surface area (Å²) in [6.45, 7) is 0. The SMILES string of the molecule is COc1ncc(-c2ccc3nc(N)cn3c2)cc1NS(=O)(=O)c1ccc(F)cc1F. The fourth-order valence-corrected chi connectivity index (χ4v) is 4.03. The lowest BCUT2D eigenvalue weighted by Gasteiger charge is -2.13. The van der Waals surface area contributed by atoms with Crippen LogP contribution in [0, 0.1) is 11.6 Å². The molecule has 0 bridgehead atoms. The number of hydrogen-bond donors (Lipinski definition) is 2. The fraction of sp³-hybridized carbons (Fsp3) is 0.0526. The summed E-state index contributed by atoms with van der Waals surface area (Å²) in [5.41, 5.74) is 7.58. The molecular formula is C19H15F2N5O3S. The van der Waals surface area contributed by atoms with E-state index in [1.807, 2.05) is 0 Å². The number of pyridine rings is 2. The zero-order valence-corrected chi connectivity index (χ0v) is 16.3. The highest BCUT2D eigenvalue weighted by molar-refractivity contribution is 7.92. The average molecular weight is 431 g/mol. The number of aromatic nitrogens is 3. The number of imidazole rings is 1. The van der Waals surface area contributed by atoms with Crippen molar-refractivity contribution in [2.45, 2.75) is 4.90 Å². The van der Waals surface area contributed by atoms with Crippen molar-refractivity contribution in [2.24, 2.45) is 0 Å². The number of hydrogen-bond acceptors (Lipinski definition) is 6. The van der Waals surface area contributed by atoms with E-state index in [1.54, 1.807) is 28.9 Å². The number of sulfonamides is 1. The van der Waals surface area contributed by atoms with Gasteiger partial charge in [0.05, 0.1) is 13.3 Å². The van der Waals surface area contributed by atoms with Gasteiger partial charge in [0.2, 0.25) is 5.88 Å². The van der Waals surface area contributed by atoms with Crippen LogP contribution in [0.25, 0.3) is 16.8 Å². The number of nitrogens with zero attached hydrogens (tertiary/aromatic N) is 3. The van der Waals surface area contributed by atoms with Gasteiger partial charge >= 0.3 is 0 Å². The molecule has 0 saturated heterocycles. The Morgan fingerprint density at radius 3 is 2.63 bits per heavy atom. The molecule has 0 spiro atoms. The standard InChI is InChI=1S/C19H15F2N5O3S/c1-29-19-15(25-30(27,28)16-4-3-13(20)7-14(16)21)6-12(8-23-19)11-2-5-18-24-17(22)10-26(18)9-11/h2-10,25H,22H2,1H3. The van der Waals surface area contributed by atoms with Crippen LogP contribution in [0.3, 0.4) is 0 Å². The lowest BCUT2D eigenvalue weighted by molar-refractivity contribution is 0.400. The zero-order chi connectivity index (χ0) is 21.5. The van der Waals surface area contributed by atoms with Gasteiger partial charge in [0.1, 0.15) is 33.7 Å². The number of methoxy groups -OCH3 is 1. The van der Waals surface area contributed by atoms with Crippen LogP contribution in [0.2, 0.25) is 0 Å². The van der Waals surface area contributed by atoms with Crippen molar-refractivity contribution in [3.05, 3.63) is 66.6 Å². The van der Waals surface area contributed by atoms with E-state index < -0.39 is 26.6 Å². The molecule has 8 nitrogen and oxygen atoms in total. The Hall–Kier alpha value is -3.73. The summed E-state index contributed by atoms with van der Waals surface area (Å²) in [7, 11) is -3.05. The molecule has 154 valence electrons. The Bertz CT molecular complexity index is 1370. The molecule has 0 atom stereocenters. The quantitative estimate of drug-likeness (QED) is 0.502. The Labute approximate surface area is 170 Å². The first-order valence-electron chi connectivity index (χ1n) is 8.53. The molecule has 3 aromatic heterocycles. The Morgan fingerprint density at radius 2 is 1.90 bits per heavy atom. The first-order valence-corrected chi connectivity index (χ1v) is 10.0. The van der Waals surface area contributed by atoms with Crippen LogP contribution in [0.1, 0.15) is 0 Å². The molecule has 0 aliphatic heterocycles. The molecular weight excluding hydrogens is 416 g/mol. The highest BCUT2D eigenvalue weighted by Crippen LogP contribution is 2.31. The number of nitrogen functional groups attached to an aromatic ring is 1. The molecule has 3 heterocycles. The van der Waals surface area contributed by atoms with Crippen LogP contribution in [0.15, 0.2) is 59.9 Å². The molecule has 3 N–H and O–H groups in total.